The largest absolute Gasteiger partial charge is 0.276 e. The third-order valence-corrected chi connectivity index (χ3v) is 2.86. The van der Waals surface area contributed by atoms with E-state index in [4.69, 9.17) is 9.78 Å². The minimum Gasteiger partial charge on any atom is -0.276 e. The van der Waals surface area contributed by atoms with Crippen LogP contribution in [-0.4, -0.2) is 30.8 Å². The summed E-state index contributed by atoms with van der Waals surface area (Å²) in [5.74, 6) is 0. The molecule has 0 saturated carbocycles. The Kier molecular flexibility index (Phi) is 6.98. The Morgan fingerprint density at radius 3 is 2.27 bits per heavy atom. The van der Waals surface area contributed by atoms with Crippen LogP contribution in [0.4, 0.5) is 0 Å². The van der Waals surface area contributed by atoms with E-state index in [2.05, 4.69) is 18.7 Å². The Hall–Kier alpha value is -0.120. The summed E-state index contributed by atoms with van der Waals surface area (Å²) in [6.45, 7) is 7.51. The minimum absolute atomic E-state index is 0.205. The van der Waals surface area contributed by atoms with Crippen LogP contribution in [0.25, 0.3) is 0 Å². The van der Waals surface area contributed by atoms with Gasteiger partial charge in [-0.25, -0.2) is 9.78 Å². The monoisotopic (exact) mass is 215 g/mol. The normalized spacial score (nSPS) is 22.2. The molecule has 1 heterocycles. The molecule has 0 radical (unpaired) electrons. The smallest absolute Gasteiger partial charge is 0.146 e. The second kappa shape index (κ2) is 8.08. The number of unbranched alkanes of at least 4 members (excludes halogenated alkanes) is 2. The summed E-state index contributed by atoms with van der Waals surface area (Å²) in [5.41, 5.74) is 0. The molecule has 1 aliphatic heterocycles. The molecule has 15 heavy (non-hydrogen) atoms. The lowest BCUT2D eigenvalue weighted by Crippen LogP contribution is -2.40. The van der Waals surface area contributed by atoms with Gasteiger partial charge in [0.25, 0.3) is 0 Å². The molecular formula is C12H25NO2. The van der Waals surface area contributed by atoms with Gasteiger partial charge in [0.1, 0.15) is 6.23 Å². The Balaban J connectivity index is 2.30. The lowest BCUT2D eigenvalue weighted by atomic mass is 10.2. The molecule has 0 aromatic carbocycles. The van der Waals surface area contributed by atoms with E-state index in [1.54, 1.807) is 0 Å². The maximum atomic E-state index is 5.36. The van der Waals surface area contributed by atoms with Crippen LogP contribution in [0, 0.1) is 0 Å². The molecule has 1 saturated heterocycles. The average molecular weight is 215 g/mol. The summed E-state index contributed by atoms with van der Waals surface area (Å²) in [6, 6.07) is 0. The van der Waals surface area contributed by atoms with Crippen LogP contribution < -0.4 is 0 Å². The summed E-state index contributed by atoms with van der Waals surface area (Å²) < 4.78 is 0. The van der Waals surface area contributed by atoms with Gasteiger partial charge in [-0.3, -0.25) is 4.90 Å². The van der Waals surface area contributed by atoms with Crippen molar-refractivity contribution in [2.45, 2.75) is 58.6 Å². The van der Waals surface area contributed by atoms with Crippen LogP contribution in [0.15, 0.2) is 0 Å². The van der Waals surface area contributed by atoms with Gasteiger partial charge in [-0.05, 0) is 25.7 Å². The lowest BCUT2D eigenvalue weighted by Gasteiger charge is -2.32. The van der Waals surface area contributed by atoms with Crippen molar-refractivity contribution < 1.29 is 9.78 Å². The van der Waals surface area contributed by atoms with E-state index >= 15 is 0 Å². The van der Waals surface area contributed by atoms with Crippen molar-refractivity contribution in [1.29, 1.82) is 0 Å². The number of hydrogen-bond donors (Lipinski definition) is 0. The highest BCUT2D eigenvalue weighted by Crippen LogP contribution is 2.16. The van der Waals surface area contributed by atoms with Gasteiger partial charge in [-0.1, -0.05) is 26.7 Å². The zero-order chi connectivity index (χ0) is 10.9. The van der Waals surface area contributed by atoms with E-state index in [9.17, 15) is 0 Å². The predicted molar refractivity (Wildman–Crippen MR) is 61.4 cm³/mol. The van der Waals surface area contributed by atoms with Gasteiger partial charge in [0.15, 0.2) is 0 Å². The Labute approximate surface area is 93.7 Å². The summed E-state index contributed by atoms with van der Waals surface area (Å²) in [7, 11) is 0. The highest BCUT2D eigenvalue weighted by Gasteiger charge is 2.21. The second-order valence-corrected chi connectivity index (χ2v) is 4.26. The molecule has 90 valence electrons. The van der Waals surface area contributed by atoms with Gasteiger partial charge in [-0.2, -0.15) is 0 Å². The molecule has 0 N–H and O–H groups in total. The van der Waals surface area contributed by atoms with E-state index in [0.717, 1.165) is 32.5 Å². The number of hydrogen-bond acceptors (Lipinski definition) is 3. The summed E-state index contributed by atoms with van der Waals surface area (Å²) in [4.78, 5) is 12.9. The van der Waals surface area contributed by atoms with Gasteiger partial charge in [0.05, 0.1) is 6.61 Å². The van der Waals surface area contributed by atoms with Gasteiger partial charge in [0.2, 0.25) is 0 Å². The molecule has 1 unspecified atom stereocenters. The first-order chi connectivity index (χ1) is 7.38. The van der Waals surface area contributed by atoms with Gasteiger partial charge in [-0.15, -0.1) is 0 Å². The fourth-order valence-corrected chi connectivity index (χ4v) is 1.86. The first kappa shape index (κ1) is 12.9. The van der Waals surface area contributed by atoms with E-state index in [0.29, 0.717) is 0 Å². The standard InChI is InChI=1S/C12H25NO2/c1-3-5-9-13(10-6-4-2)12-8-7-11-14-15-12/h12H,3-11H2,1-2H3. The van der Waals surface area contributed by atoms with E-state index in [1.165, 1.54) is 25.7 Å². The van der Waals surface area contributed by atoms with Crippen molar-refractivity contribution in [3.05, 3.63) is 0 Å². The van der Waals surface area contributed by atoms with E-state index in [1.807, 2.05) is 0 Å². The molecule has 1 rings (SSSR count). The minimum atomic E-state index is 0.205. The maximum absolute atomic E-state index is 5.36. The van der Waals surface area contributed by atoms with Crippen LogP contribution in [-0.2, 0) is 9.78 Å². The molecule has 0 aromatic heterocycles. The number of nitrogens with zero attached hydrogens (tertiary/aromatic N) is 1. The third-order valence-electron chi connectivity index (χ3n) is 2.86. The van der Waals surface area contributed by atoms with Crippen molar-refractivity contribution in [2.24, 2.45) is 0 Å². The fourth-order valence-electron chi connectivity index (χ4n) is 1.86. The van der Waals surface area contributed by atoms with E-state index in [-0.39, 0.29) is 6.23 Å². The highest BCUT2D eigenvalue weighted by atomic mass is 17.2. The molecule has 0 aromatic rings. The van der Waals surface area contributed by atoms with Crippen LogP contribution >= 0.6 is 0 Å². The first-order valence-electron chi connectivity index (χ1n) is 6.40. The number of rotatable bonds is 7. The van der Waals surface area contributed by atoms with Crippen LogP contribution in [0.1, 0.15) is 52.4 Å². The van der Waals surface area contributed by atoms with Gasteiger partial charge < -0.3 is 0 Å². The Bertz CT molecular complexity index is 139. The zero-order valence-electron chi connectivity index (χ0n) is 10.2. The maximum Gasteiger partial charge on any atom is 0.146 e. The third kappa shape index (κ3) is 4.96. The molecule has 0 aliphatic carbocycles. The van der Waals surface area contributed by atoms with Crippen molar-refractivity contribution in [1.82, 2.24) is 4.90 Å². The van der Waals surface area contributed by atoms with Crippen LogP contribution in [0.2, 0.25) is 0 Å². The summed E-state index contributed by atoms with van der Waals surface area (Å²) in [5, 5.41) is 0. The Morgan fingerprint density at radius 1 is 1.13 bits per heavy atom. The topological polar surface area (TPSA) is 21.7 Å². The molecule has 0 amide bonds. The highest BCUT2D eigenvalue weighted by molar-refractivity contribution is 4.64. The van der Waals surface area contributed by atoms with Crippen LogP contribution in [0.3, 0.4) is 0 Å². The fraction of sp³-hybridized carbons (Fsp3) is 1.00. The van der Waals surface area contributed by atoms with Gasteiger partial charge in [0, 0.05) is 13.1 Å². The molecule has 1 fully saturated rings. The van der Waals surface area contributed by atoms with Gasteiger partial charge >= 0.3 is 0 Å². The van der Waals surface area contributed by atoms with Crippen molar-refractivity contribution in [3.63, 3.8) is 0 Å². The summed E-state index contributed by atoms with van der Waals surface area (Å²) in [6.07, 6.45) is 7.45. The van der Waals surface area contributed by atoms with Crippen molar-refractivity contribution in [2.75, 3.05) is 19.7 Å². The van der Waals surface area contributed by atoms with Crippen molar-refractivity contribution in [3.8, 4) is 0 Å². The molecule has 3 heteroatoms. The molecule has 0 spiro atoms. The molecule has 1 atom stereocenters. The quantitative estimate of drug-likeness (QED) is 0.609. The molecule has 3 nitrogen and oxygen atoms in total. The average Bonchev–Trinajstić information content (AvgIpc) is 2.30. The van der Waals surface area contributed by atoms with Crippen molar-refractivity contribution >= 4 is 0 Å². The van der Waals surface area contributed by atoms with E-state index < -0.39 is 0 Å². The molecule has 1 aliphatic rings. The first-order valence-corrected chi connectivity index (χ1v) is 6.40. The SMILES string of the molecule is CCCCN(CCCC)C1CCCOO1. The van der Waals surface area contributed by atoms with Crippen LogP contribution in [0.5, 0.6) is 0 Å². The predicted octanol–water partition coefficient (Wildman–Crippen LogP) is 2.96. The lowest BCUT2D eigenvalue weighted by molar-refractivity contribution is -0.372. The second-order valence-electron chi connectivity index (χ2n) is 4.26. The molecule has 0 bridgehead atoms. The Morgan fingerprint density at radius 2 is 1.80 bits per heavy atom. The summed E-state index contributed by atoms with van der Waals surface area (Å²) >= 11 is 0. The molecular weight excluding hydrogens is 190 g/mol. The zero-order valence-corrected chi connectivity index (χ0v) is 10.2.